The molecule has 6 nitrogen and oxygen atoms in total. The number of nitrogens with one attached hydrogen (secondary N) is 2. The third-order valence-electron chi connectivity index (χ3n) is 6.57. The molecule has 1 aliphatic rings. The highest BCUT2D eigenvalue weighted by Gasteiger charge is 2.24. The summed E-state index contributed by atoms with van der Waals surface area (Å²) in [7, 11) is 1.69. The Balaban J connectivity index is 1.32. The first kappa shape index (κ1) is 25.8. The third-order valence-corrected chi connectivity index (χ3v) is 7.25. The molecular weight excluding hydrogens is 468 g/mol. The van der Waals surface area contributed by atoms with Gasteiger partial charge in [-0.1, -0.05) is 43.7 Å². The number of hydrogen-bond acceptors (Lipinski definition) is 6. The molecule has 0 bridgehead atoms. The average Bonchev–Trinajstić information content (AvgIpc) is 2.93. The Labute approximate surface area is 219 Å². The normalized spacial score (nSPS) is 13.4. The maximum Gasteiger partial charge on any atom is 0.254 e. The molecular formula is C29H36N4O2S. The molecule has 36 heavy (non-hydrogen) atoms. The Morgan fingerprint density at radius 3 is 2.36 bits per heavy atom. The first-order valence-electron chi connectivity index (χ1n) is 12.6. The molecule has 1 amide bonds. The van der Waals surface area contributed by atoms with Crippen molar-refractivity contribution in [1.82, 2.24) is 4.90 Å². The topological polar surface area (TPSA) is 56.8 Å². The summed E-state index contributed by atoms with van der Waals surface area (Å²) in [6.07, 6.45) is 3.55. The second kappa shape index (κ2) is 12.6. The first-order valence-corrected chi connectivity index (χ1v) is 13.5. The predicted octanol–water partition coefficient (Wildman–Crippen LogP) is 6.40. The molecule has 1 fully saturated rings. The molecule has 0 aromatic heterocycles. The number of piperazine rings is 1. The zero-order valence-corrected chi connectivity index (χ0v) is 22.2. The summed E-state index contributed by atoms with van der Waals surface area (Å²) in [4.78, 5) is 17.6. The highest BCUT2D eigenvalue weighted by molar-refractivity contribution is 8.01. The molecule has 0 saturated carbocycles. The van der Waals surface area contributed by atoms with Crippen molar-refractivity contribution in [1.29, 1.82) is 0 Å². The lowest BCUT2D eigenvalue weighted by molar-refractivity contribution is 0.0746. The average molecular weight is 505 g/mol. The number of para-hydroxylation sites is 2. The van der Waals surface area contributed by atoms with Crippen molar-refractivity contribution >= 4 is 35.1 Å². The fourth-order valence-electron chi connectivity index (χ4n) is 4.39. The van der Waals surface area contributed by atoms with Gasteiger partial charge in [0.05, 0.1) is 24.9 Å². The van der Waals surface area contributed by atoms with Gasteiger partial charge in [0.1, 0.15) is 5.75 Å². The van der Waals surface area contributed by atoms with Crippen molar-refractivity contribution in [3.05, 3.63) is 83.4 Å². The van der Waals surface area contributed by atoms with E-state index in [4.69, 9.17) is 4.74 Å². The van der Waals surface area contributed by atoms with Crippen LogP contribution < -0.4 is 19.1 Å². The fourth-order valence-corrected chi connectivity index (χ4v) is 4.94. The summed E-state index contributed by atoms with van der Waals surface area (Å²) in [5, 5.41) is 0. The van der Waals surface area contributed by atoms with E-state index in [0.29, 0.717) is 13.1 Å². The van der Waals surface area contributed by atoms with Crippen LogP contribution in [0.3, 0.4) is 0 Å². The summed E-state index contributed by atoms with van der Waals surface area (Å²) in [5.41, 5.74) is 6.11. The van der Waals surface area contributed by atoms with E-state index in [9.17, 15) is 4.79 Å². The summed E-state index contributed by atoms with van der Waals surface area (Å²) in [5.74, 6) is 0.946. The predicted molar refractivity (Wildman–Crippen MR) is 152 cm³/mol. The number of benzene rings is 3. The van der Waals surface area contributed by atoms with Gasteiger partial charge in [-0.25, -0.2) is 0 Å². The Morgan fingerprint density at radius 1 is 0.944 bits per heavy atom. The van der Waals surface area contributed by atoms with Crippen LogP contribution >= 0.6 is 12.1 Å². The Kier molecular flexibility index (Phi) is 9.01. The van der Waals surface area contributed by atoms with Crippen molar-refractivity contribution < 1.29 is 9.53 Å². The molecule has 0 spiro atoms. The van der Waals surface area contributed by atoms with Gasteiger partial charge in [0.25, 0.3) is 5.91 Å². The van der Waals surface area contributed by atoms with E-state index in [0.717, 1.165) is 53.4 Å². The lowest BCUT2D eigenvalue weighted by atomic mass is 10.1. The van der Waals surface area contributed by atoms with Crippen LogP contribution in [0.4, 0.5) is 17.1 Å². The smallest absolute Gasteiger partial charge is 0.254 e. The molecule has 1 heterocycles. The van der Waals surface area contributed by atoms with Gasteiger partial charge >= 0.3 is 0 Å². The number of methoxy groups -OCH3 is 1. The summed E-state index contributed by atoms with van der Waals surface area (Å²) in [6.45, 7) is 7.12. The van der Waals surface area contributed by atoms with Gasteiger partial charge in [-0.15, -0.1) is 0 Å². The van der Waals surface area contributed by atoms with Crippen molar-refractivity contribution in [2.24, 2.45) is 0 Å². The number of ether oxygens (including phenoxy) is 1. The van der Waals surface area contributed by atoms with Gasteiger partial charge in [-0.05, 0) is 67.3 Å². The SMILES string of the molecule is CCCCc1ccc(NSNc2ccc(C)c(C(=O)N3CCN(c4ccccc4OC)CC3)c2)cc1. The highest BCUT2D eigenvalue weighted by Crippen LogP contribution is 2.29. The third kappa shape index (κ3) is 6.46. The first-order chi connectivity index (χ1) is 17.6. The Hall–Kier alpha value is -3.32. The summed E-state index contributed by atoms with van der Waals surface area (Å²) in [6, 6.07) is 22.6. The molecule has 0 aliphatic carbocycles. The van der Waals surface area contributed by atoms with E-state index in [1.807, 2.05) is 48.2 Å². The van der Waals surface area contributed by atoms with E-state index < -0.39 is 0 Å². The van der Waals surface area contributed by atoms with Crippen LogP contribution in [0.15, 0.2) is 66.7 Å². The van der Waals surface area contributed by atoms with Crippen LogP contribution in [0, 0.1) is 6.92 Å². The van der Waals surface area contributed by atoms with Gasteiger partial charge in [0.2, 0.25) is 0 Å². The van der Waals surface area contributed by atoms with Crippen LogP contribution in [0.25, 0.3) is 0 Å². The molecule has 4 rings (SSSR count). The minimum Gasteiger partial charge on any atom is -0.495 e. The number of anilines is 3. The van der Waals surface area contributed by atoms with Gasteiger partial charge in [0.15, 0.2) is 0 Å². The van der Waals surface area contributed by atoms with Crippen LogP contribution in [0.5, 0.6) is 5.75 Å². The van der Waals surface area contributed by atoms with Crippen molar-refractivity contribution in [2.75, 3.05) is 47.6 Å². The summed E-state index contributed by atoms with van der Waals surface area (Å²) < 4.78 is 12.2. The maximum atomic E-state index is 13.4. The van der Waals surface area contributed by atoms with Crippen LogP contribution in [-0.4, -0.2) is 44.1 Å². The molecule has 0 radical (unpaired) electrons. The maximum absolute atomic E-state index is 13.4. The monoisotopic (exact) mass is 504 g/mol. The molecule has 3 aromatic rings. The number of unbranched alkanes of at least 4 members (excludes halogenated alkanes) is 1. The van der Waals surface area contributed by atoms with Crippen LogP contribution in [-0.2, 0) is 6.42 Å². The van der Waals surface area contributed by atoms with E-state index in [-0.39, 0.29) is 5.91 Å². The zero-order valence-electron chi connectivity index (χ0n) is 21.4. The standard InChI is InChI=1S/C29H36N4O2S/c1-4-5-8-23-12-15-24(16-13-23)30-36-31-25-14-11-22(2)26(21-25)29(34)33-19-17-32(18-20-33)27-9-6-7-10-28(27)35-3/h6-7,9-16,21,30-31H,4-5,8,17-20H2,1-3H3. The number of amides is 1. The second-order valence-corrected chi connectivity index (χ2v) is 9.70. The largest absolute Gasteiger partial charge is 0.495 e. The quantitative estimate of drug-likeness (QED) is 0.312. The van der Waals surface area contributed by atoms with Crippen molar-refractivity contribution in [2.45, 2.75) is 33.1 Å². The van der Waals surface area contributed by atoms with Crippen LogP contribution in [0.1, 0.15) is 41.3 Å². The zero-order chi connectivity index (χ0) is 25.3. The van der Waals surface area contributed by atoms with E-state index in [2.05, 4.69) is 51.6 Å². The highest BCUT2D eigenvalue weighted by atomic mass is 32.2. The lowest BCUT2D eigenvalue weighted by Crippen LogP contribution is -2.49. The number of carbonyl (C=O) groups excluding carboxylic acids is 1. The summed E-state index contributed by atoms with van der Waals surface area (Å²) >= 11 is 1.40. The molecule has 190 valence electrons. The number of rotatable bonds is 10. The molecule has 2 N–H and O–H groups in total. The minimum atomic E-state index is 0.0800. The Morgan fingerprint density at radius 2 is 1.64 bits per heavy atom. The van der Waals surface area contributed by atoms with Crippen molar-refractivity contribution in [3.63, 3.8) is 0 Å². The molecule has 0 unspecified atom stereocenters. The van der Waals surface area contributed by atoms with E-state index in [1.54, 1.807) is 7.11 Å². The van der Waals surface area contributed by atoms with Gasteiger partial charge in [0, 0.05) is 43.1 Å². The lowest BCUT2D eigenvalue weighted by Gasteiger charge is -2.36. The molecule has 0 atom stereocenters. The van der Waals surface area contributed by atoms with Gasteiger partial charge in [-0.3, -0.25) is 4.79 Å². The molecule has 1 saturated heterocycles. The minimum absolute atomic E-state index is 0.0800. The van der Waals surface area contributed by atoms with Gasteiger partial charge in [-0.2, -0.15) is 0 Å². The number of hydrogen-bond donors (Lipinski definition) is 2. The number of nitrogens with zero attached hydrogens (tertiary/aromatic N) is 2. The van der Waals surface area contributed by atoms with E-state index in [1.165, 1.54) is 30.5 Å². The number of carbonyl (C=O) groups is 1. The van der Waals surface area contributed by atoms with Crippen LogP contribution in [0.2, 0.25) is 0 Å². The molecule has 7 heteroatoms. The van der Waals surface area contributed by atoms with Crippen molar-refractivity contribution in [3.8, 4) is 5.75 Å². The fraction of sp³-hybridized carbons (Fsp3) is 0.345. The second-order valence-electron chi connectivity index (χ2n) is 9.09. The molecule has 1 aliphatic heterocycles. The van der Waals surface area contributed by atoms with E-state index >= 15 is 0 Å². The van der Waals surface area contributed by atoms with Gasteiger partial charge < -0.3 is 24.0 Å². The Bertz CT molecular complexity index is 1140. The molecule has 3 aromatic carbocycles. The number of aryl methyl sites for hydroxylation is 2.